The van der Waals surface area contributed by atoms with Crippen LogP contribution in [0, 0.1) is 6.92 Å². The van der Waals surface area contributed by atoms with Crippen LogP contribution < -0.4 is 10.2 Å². The van der Waals surface area contributed by atoms with Crippen LogP contribution in [0.1, 0.15) is 16.3 Å². The largest absolute Gasteiger partial charge is 0.340 e. The lowest BCUT2D eigenvalue weighted by Gasteiger charge is -2.17. The third-order valence-electron chi connectivity index (χ3n) is 3.55. The second-order valence-corrected chi connectivity index (χ2v) is 5.38. The first-order valence-electron chi connectivity index (χ1n) is 7.64. The van der Waals surface area contributed by atoms with E-state index in [1.807, 2.05) is 60.7 Å². The highest BCUT2D eigenvalue weighted by molar-refractivity contribution is 6.04. The quantitative estimate of drug-likeness (QED) is 0.795. The summed E-state index contributed by atoms with van der Waals surface area (Å²) in [6, 6.07) is 20.8. The number of carbonyl (C=O) groups excluding carboxylic acids is 1. The molecule has 5 nitrogen and oxygen atoms in total. The van der Waals surface area contributed by atoms with Gasteiger partial charge in [-0.3, -0.25) is 4.79 Å². The van der Waals surface area contributed by atoms with Gasteiger partial charge >= 0.3 is 0 Å². The Hall–Kier alpha value is -3.21. The van der Waals surface area contributed by atoms with E-state index < -0.39 is 0 Å². The van der Waals surface area contributed by atoms with Gasteiger partial charge in [0.05, 0.1) is 0 Å². The first-order chi connectivity index (χ1) is 11.6. The molecule has 120 valence electrons. The van der Waals surface area contributed by atoms with Crippen LogP contribution in [0.3, 0.4) is 0 Å². The average Bonchev–Trinajstić information content (AvgIpc) is 2.61. The van der Waals surface area contributed by atoms with Crippen molar-refractivity contribution >= 4 is 23.1 Å². The summed E-state index contributed by atoms with van der Waals surface area (Å²) in [6.45, 7) is 1.77. The van der Waals surface area contributed by atoms with Gasteiger partial charge in [-0.05, 0) is 31.2 Å². The van der Waals surface area contributed by atoms with Crippen LogP contribution >= 0.6 is 0 Å². The molecule has 0 saturated heterocycles. The summed E-state index contributed by atoms with van der Waals surface area (Å²) in [4.78, 5) is 22.9. The van der Waals surface area contributed by atoms with Gasteiger partial charge in [0, 0.05) is 24.5 Å². The SMILES string of the molecule is Cc1nc(Nc2ccccc2)cc(C(=O)N(C)c2ccccc2)n1. The Morgan fingerprint density at radius 2 is 1.58 bits per heavy atom. The van der Waals surface area contributed by atoms with Crippen LogP contribution in [0.15, 0.2) is 66.7 Å². The van der Waals surface area contributed by atoms with Gasteiger partial charge in [0.25, 0.3) is 5.91 Å². The minimum absolute atomic E-state index is 0.178. The molecule has 0 fully saturated rings. The fraction of sp³-hybridized carbons (Fsp3) is 0.105. The number of rotatable bonds is 4. The van der Waals surface area contributed by atoms with E-state index in [2.05, 4.69) is 15.3 Å². The van der Waals surface area contributed by atoms with Crippen LogP contribution in [0.25, 0.3) is 0 Å². The van der Waals surface area contributed by atoms with E-state index in [-0.39, 0.29) is 5.91 Å². The van der Waals surface area contributed by atoms with Gasteiger partial charge in [-0.25, -0.2) is 9.97 Å². The Bertz CT molecular complexity index is 835. The molecule has 0 unspecified atom stereocenters. The van der Waals surface area contributed by atoms with Crippen molar-refractivity contribution in [2.75, 3.05) is 17.3 Å². The number of benzene rings is 2. The lowest BCUT2D eigenvalue weighted by molar-refractivity contribution is 0.0988. The van der Waals surface area contributed by atoms with Crippen molar-refractivity contribution in [2.45, 2.75) is 6.92 Å². The molecule has 0 aliphatic rings. The van der Waals surface area contributed by atoms with Crippen LogP contribution in [-0.2, 0) is 0 Å². The lowest BCUT2D eigenvalue weighted by atomic mass is 10.2. The van der Waals surface area contributed by atoms with Gasteiger partial charge in [0.15, 0.2) is 0 Å². The maximum absolute atomic E-state index is 12.7. The molecule has 0 aliphatic heterocycles. The Balaban J connectivity index is 1.87. The number of carbonyl (C=O) groups is 1. The molecule has 24 heavy (non-hydrogen) atoms. The van der Waals surface area contributed by atoms with Gasteiger partial charge in [0.1, 0.15) is 17.3 Å². The molecule has 0 radical (unpaired) electrons. The van der Waals surface area contributed by atoms with E-state index in [0.29, 0.717) is 17.3 Å². The average molecular weight is 318 g/mol. The number of hydrogen-bond acceptors (Lipinski definition) is 4. The summed E-state index contributed by atoms with van der Waals surface area (Å²) in [5.41, 5.74) is 2.08. The predicted octanol–water partition coefficient (Wildman–Crippen LogP) is 3.81. The summed E-state index contributed by atoms with van der Waals surface area (Å²) in [7, 11) is 1.74. The van der Waals surface area contributed by atoms with E-state index >= 15 is 0 Å². The second kappa shape index (κ2) is 6.91. The highest BCUT2D eigenvalue weighted by Crippen LogP contribution is 2.18. The number of aryl methyl sites for hydroxylation is 1. The smallest absolute Gasteiger partial charge is 0.276 e. The Morgan fingerprint density at radius 1 is 0.958 bits per heavy atom. The Morgan fingerprint density at radius 3 is 2.25 bits per heavy atom. The van der Waals surface area contributed by atoms with Crippen LogP contribution in [0.4, 0.5) is 17.2 Å². The number of anilines is 3. The monoisotopic (exact) mass is 318 g/mol. The van der Waals surface area contributed by atoms with Crippen molar-refractivity contribution < 1.29 is 4.79 Å². The van der Waals surface area contributed by atoms with Crippen molar-refractivity contribution in [3.05, 3.63) is 78.2 Å². The van der Waals surface area contributed by atoms with Gasteiger partial charge in [-0.1, -0.05) is 36.4 Å². The summed E-state index contributed by atoms with van der Waals surface area (Å²) in [5, 5.41) is 3.20. The molecule has 0 atom stereocenters. The van der Waals surface area contributed by atoms with Crippen LogP contribution in [0.5, 0.6) is 0 Å². The zero-order valence-electron chi connectivity index (χ0n) is 13.6. The molecule has 1 N–H and O–H groups in total. The van der Waals surface area contributed by atoms with E-state index in [1.54, 1.807) is 24.9 Å². The Kier molecular flexibility index (Phi) is 4.52. The van der Waals surface area contributed by atoms with E-state index in [9.17, 15) is 4.79 Å². The molecule has 0 bridgehead atoms. The van der Waals surface area contributed by atoms with Crippen molar-refractivity contribution in [3.8, 4) is 0 Å². The van der Waals surface area contributed by atoms with Gasteiger partial charge < -0.3 is 10.2 Å². The molecule has 1 aromatic heterocycles. The molecule has 0 saturated carbocycles. The molecule has 3 aromatic rings. The Labute approximate surface area is 141 Å². The zero-order valence-corrected chi connectivity index (χ0v) is 13.6. The van der Waals surface area contributed by atoms with Crippen molar-refractivity contribution in [1.82, 2.24) is 9.97 Å². The first-order valence-corrected chi connectivity index (χ1v) is 7.64. The first kappa shape index (κ1) is 15.7. The van der Waals surface area contributed by atoms with Gasteiger partial charge in [-0.2, -0.15) is 0 Å². The molecule has 2 aromatic carbocycles. The highest BCUT2D eigenvalue weighted by Gasteiger charge is 2.16. The molecule has 0 spiro atoms. The summed E-state index contributed by atoms with van der Waals surface area (Å²) < 4.78 is 0. The number of hydrogen-bond donors (Lipinski definition) is 1. The van der Waals surface area contributed by atoms with Gasteiger partial charge in [-0.15, -0.1) is 0 Å². The maximum Gasteiger partial charge on any atom is 0.276 e. The van der Waals surface area contributed by atoms with Crippen LogP contribution in [0.2, 0.25) is 0 Å². The van der Waals surface area contributed by atoms with Crippen molar-refractivity contribution in [2.24, 2.45) is 0 Å². The van der Waals surface area contributed by atoms with Crippen molar-refractivity contribution in [1.29, 1.82) is 0 Å². The molecule has 0 aliphatic carbocycles. The van der Waals surface area contributed by atoms with Crippen LogP contribution in [-0.4, -0.2) is 22.9 Å². The number of para-hydroxylation sites is 2. The summed E-state index contributed by atoms with van der Waals surface area (Å²) in [5.74, 6) is 0.960. The molecule has 3 rings (SSSR count). The number of nitrogens with one attached hydrogen (secondary N) is 1. The molecular formula is C19H18N4O. The lowest BCUT2D eigenvalue weighted by Crippen LogP contribution is -2.27. The van der Waals surface area contributed by atoms with E-state index in [4.69, 9.17) is 0 Å². The topological polar surface area (TPSA) is 58.1 Å². The summed E-state index contributed by atoms with van der Waals surface area (Å²) >= 11 is 0. The molecule has 1 heterocycles. The number of nitrogens with zero attached hydrogens (tertiary/aromatic N) is 3. The highest BCUT2D eigenvalue weighted by atomic mass is 16.2. The third-order valence-corrected chi connectivity index (χ3v) is 3.55. The fourth-order valence-electron chi connectivity index (χ4n) is 2.35. The van der Waals surface area contributed by atoms with Crippen molar-refractivity contribution in [3.63, 3.8) is 0 Å². The zero-order chi connectivity index (χ0) is 16.9. The predicted molar refractivity (Wildman–Crippen MR) is 95.7 cm³/mol. The number of amides is 1. The normalized spacial score (nSPS) is 10.2. The third kappa shape index (κ3) is 3.57. The maximum atomic E-state index is 12.7. The molecule has 1 amide bonds. The second-order valence-electron chi connectivity index (χ2n) is 5.38. The standard InChI is InChI=1S/C19H18N4O/c1-14-20-17(19(24)23(2)16-11-7-4-8-12-16)13-18(21-14)22-15-9-5-3-6-10-15/h3-13H,1-2H3,(H,20,21,22). The summed E-state index contributed by atoms with van der Waals surface area (Å²) in [6.07, 6.45) is 0. The van der Waals surface area contributed by atoms with Gasteiger partial charge in [0.2, 0.25) is 0 Å². The van der Waals surface area contributed by atoms with E-state index in [1.165, 1.54) is 0 Å². The minimum atomic E-state index is -0.178. The minimum Gasteiger partial charge on any atom is -0.340 e. The fourth-order valence-corrected chi connectivity index (χ4v) is 2.35. The van der Waals surface area contributed by atoms with E-state index in [0.717, 1.165) is 11.4 Å². The molecule has 5 heteroatoms. The number of aromatic nitrogens is 2. The molecular weight excluding hydrogens is 300 g/mol.